The predicted molar refractivity (Wildman–Crippen MR) is 117 cm³/mol. The number of fused-ring (bicyclic) bond motifs is 1. The molecule has 3 aromatic rings. The highest BCUT2D eigenvalue weighted by Crippen LogP contribution is 2.30. The second kappa shape index (κ2) is 8.81. The molecule has 1 aliphatic rings. The average Bonchev–Trinajstić information content (AvgIpc) is 3.23. The van der Waals surface area contributed by atoms with Crippen LogP contribution in [0.2, 0.25) is 0 Å². The van der Waals surface area contributed by atoms with Gasteiger partial charge >= 0.3 is 0 Å². The van der Waals surface area contributed by atoms with E-state index < -0.39 is 0 Å². The van der Waals surface area contributed by atoms with Crippen molar-refractivity contribution in [2.24, 2.45) is 0 Å². The van der Waals surface area contributed by atoms with Crippen molar-refractivity contribution < 1.29 is 19.1 Å². The summed E-state index contributed by atoms with van der Waals surface area (Å²) in [4.78, 5) is 43.7. The zero-order chi connectivity index (χ0) is 22.0. The number of carbonyl (C=O) groups excluding carboxylic acids is 2. The van der Waals surface area contributed by atoms with Gasteiger partial charge in [0.05, 0.1) is 36.6 Å². The first-order valence-corrected chi connectivity index (χ1v) is 10.7. The number of amides is 2. The highest BCUT2D eigenvalue weighted by Gasteiger charge is 2.27. The Morgan fingerprint density at radius 3 is 2.58 bits per heavy atom. The molecule has 0 bridgehead atoms. The fourth-order valence-corrected chi connectivity index (χ4v) is 4.41. The van der Waals surface area contributed by atoms with Crippen molar-refractivity contribution in [3.8, 4) is 17.2 Å². The molecule has 1 fully saturated rings. The Labute approximate surface area is 182 Å². The van der Waals surface area contributed by atoms with Gasteiger partial charge in [0.1, 0.15) is 0 Å². The lowest BCUT2D eigenvalue weighted by atomic mass is 10.2. The van der Waals surface area contributed by atoms with Crippen LogP contribution in [0.1, 0.15) is 12.8 Å². The van der Waals surface area contributed by atoms with Gasteiger partial charge in [0, 0.05) is 19.0 Å². The number of aromatic nitrogens is 2. The molecular weight excluding hydrogens is 418 g/mol. The fourth-order valence-electron chi connectivity index (χ4n) is 3.52. The average molecular weight is 439 g/mol. The molecule has 9 heteroatoms. The molecular formula is C22H21N3O5S. The number of ether oxygens (including phenoxy) is 2. The molecule has 0 unspecified atom stereocenters. The van der Waals surface area contributed by atoms with Crippen LogP contribution < -0.4 is 15.0 Å². The smallest absolute Gasteiger partial charge is 0.266 e. The number of hydrogen-bond acceptors (Lipinski definition) is 7. The van der Waals surface area contributed by atoms with E-state index in [9.17, 15) is 14.4 Å². The van der Waals surface area contributed by atoms with Gasteiger partial charge in [-0.25, -0.2) is 4.98 Å². The van der Waals surface area contributed by atoms with Crippen LogP contribution in [-0.4, -0.2) is 52.8 Å². The van der Waals surface area contributed by atoms with Crippen molar-refractivity contribution in [2.75, 3.05) is 26.5 Å². The molecule has 31 heavy (non-hydrogen) atoms. The molecule has 2 amide bonds. The van der Waals surface area contributed by atoms with Crippen LogP contribution >= 0.6 is 11.8 Å². The highest BCUT2D eigenvalue weighted by atomic mass is 32.2. The van der Waals surface area contributed by atoms with Gasteiger partial charge in [-0.1, -0.05) is 23.9 Å². The van der Waals surface area contributed by atoms with Crippen LogP contribution in [0.4, 0.5) is 0 Å². The minimum atomic E-state index is -0.284. The Morgan fingerprint density at radius 1 is 1.10 bits per heavy atom. The summed E-state index contributed by atoms with van der Waals surface area (Å²) in [5.41, 5.74) is 0.814. The van der Waals surface area contributed by atoms with Crippen LogP contribution in [-0.2, 0) is 9.59 Å². The van der Waals surface area contributed by atoms with Gasteiger partial charge in [-0.3, -0.25) is 23.9 Å². The van der Waals surface area contributed by atoms with Crippen LogP contribution in [0, 0.1) is 0 Å². The van der Waals surface area contributed by atoms with E-state index in [0.29, 0.717) is 52.6 Å². The number of benzene rings is 2. The molecule has 0 spiro atoms. The molecule has 2 heterocycles. The molecule has 1 saturated heterocycles. The van der Waals surface area contributed by atoms with Crippen molar-refractivity contribution in [1.29, 1.82) is 0 Å². The molecule has 1 aromatic heterocycles. The first-order chi connectivity index (χ1) is 15.0. The summed E-state index contributed by atoms with van der Waals surface area (Å²) in [5, 5.41) is 0.818. The van der Waals surface area contributed by atoms with Gasteiger partial charge in [-0.2, -0.15) is 0 Å². The van der Waals surface area contributed by atoms with Crippen LogP contribution in [0.25, 0.3) is 16.6 Å². The standard InChI is InChI=1S/C22H21N3O5S/c1-29-17-10-9-14(12-18(17)30-2)25-21(28)15-6-3-4-7-16(15)23-22(25)31-13-20(27)24-11-5-8-19(24)26/h3-4,6-7,9-10,12H,5,8,11,13H2,1-2H3. The lowest BCUT2D eigenvalue weighted by Crippen LogP contribution is -2.33. The summed E-state index contributed by atoms with van der Waals surface area (Å²) < 4.78 is 12.1. The molecule has 0 radical (unpaired) electrons. The molecule has 8 nitrogen and oxygen atoms in total. The van der Waals surface area contributed by atoms with E-state index in [4.69, 9.17) is 9.47 Å². The number of carbonyl (C=O) groups is 2. The normalized spacial score (nSPS) is 13.6. The molecule has 4 rings (SSSR count). The third kappa shape index (κ3) is 4.00. The van der Waals surface area contributed by atoms with Crippen molar-refractivity contribution >= 4 is 34.5 Å². The van der Waals surface area contributed by atoms with Gasteiger partial charge in [-0.05, 0) is 30.7 Å². The SMILES string of the molecule is COc1ccc(-n2c(SCC(=O)N3CCCC3=O)nc3ccccc3c2=O)cc1OC. The zero-order valence-electron chi connectivity index (χ0n) is 17.2. The largest absolute Gasteiger partial charge is 0.493 e. The Kier molecular flexibility index (Phi) is 5.94. The topological polar surface area (TPSA) is 90.7 Å². The van der Waals surface area contributed by atoms with E-state index in [-0.39, 0.29) is 23.1 Å². The minimum Gasteiger partial charge on any atom is -0.493 e. The minimum absolute atomic E-state index is 0.00378. The van der Waals surface area contributed by atoms with Gasteiger partial charge in [0.25, 0.3) is 5.56 Å². The van der Waals surface area contributed by atoms with E-state index in [1.807, 2.05) is 0 Å². The molecule has 0 aliphatic carbocycles. The Hall–Kier alpha value is -3.33. The van der Waals surface area contributed by atoms with Crippen LogP contribution in [0.15, 0.2) is 52.4 Å². The molecule has 0 atom stereocenters. The molecule has 1 aliphatic heterocycles. The van der Waals surface area contributed by atoms with Gasteiger partial charge < -0.3 is 9.47 Å². The summed E-state index contributed by atoms with van der Waals surface area (Å²) in [6, 6.07) is 12.2. The van der Waals surface area contributed by atoms with Crippen molar-refractivity contribution in [1.82, 2.24) is 14.5 Å². The number of likely N-dealkylation sites (tertiary alicyclic amines) is 1. The third-order valence-corrected chi connectivity index (χ3v) is 5.99. The summed E-state index contributed by atoms with van der Waals surface area (Å²) in [5.74, 6) is 0.562. The monoisotopic (exact) mass is 439 g/mol. The number of hydrogen-bond donors (Lipinski definition) is 0. The fraction of sp³-hybridized carbons (Fsp3) is 0.273. The maximum Gasteiger partial charge on any atom is 0.266 e. The maximum atomic E-state index is 13.3. The molecule has 2 aromatic carbocycles. The maximum absolute atomic E-state index is 13.3. The van der Waals surface area contributed by atoms with Crippen molar-refractivity contribution in [3.05, 3.63) is 52.8 Å². The van der Waals surface area contributed by atoms with Crippen molar-refractivity contribution in [3.63, 3.8) is 0 Å². The van der Waals surface area contributed by atoms with E-state index in [1.165, 1.54) is 23.7 Å². The van der Waals surface area contributed by atoms with E-state index in [1.54, 1.807) is 42.5 Å². The highest BCUT2D eigenvalue weighted by molar-refractivity contribution is 7.99. The van der Waals surface area contributed by atoms with Gasteiger partial charge in [0.15, 0.2) is 16.7 Å². The van der Waals surface area contributed by atoms with Gasteiger partial charge in [-0.15, -0.1) is 0 Å². The van der Waals surface area contributed by atoms with E-state index in [2.05, 4.69) is 4.98 Å². The number of para-hydroxylation sites is 1. The number of nitrogens with zero attached hydrogens (tertiary/aromatic N) is 3. The number of methoxy groups -OCH3 is 2. The molecule has 160 valence electrons. The molecule has 0 saturated carbocycles. The summed E-state index contributed by atoms with van der Waals surface area (Å²) in [6.07, 6.45) is 1.07. The summed E-state index contributed by atoms with van der Waals surface area (Å²) >= 11 is 1.13. The predicted octanol–water partition coefficient (Wildman–Crippen LogP) is 2.64. The first-order valence-electron chi connectivity index (χ1n) is 9.73. The quantitative estimate of drug-likeness (QED) is 0.431. The zero-order valence-corrected chi connectivity index (χ0v) is 18.0. The second-order valence-electron chi connectivity index (χ2n) is 6.92. The Morgan fingerprint density at radius 2 is 1.87 bits per heavy atom. The van der Waals surface area contributed by atoms with Crippen LogP contribution in [0.5, 0.6) is 11.5 Å². The van der Waals surface area contributed by atoms with E-state index in [0.717, 1.165) is 11.8 Å². The number of rotatable bonds is 6. The van der Waals surface area contributed by atoms with Gasteiger partial charge in [0.2, 0.25) is 11.8 Å². The lowest BCUT2D eigenvalue weighted by molar-refractivity contribution is -0.140. The first kappa shape index (κ1) is 20.9. The van der Waals surface area contributed by atoms with Crippen molar-refractivity contribution in [2.45, 2.75) is 18.0 Å². The third-order valence-electron chi connectivity index (χ3n) is 5.07. The number of imide groups is 1. The molecule has 0 N–H and O–H groups in total. The Balaban J connectivity index is 1.78. The van der Waals surface area contributed by atoms with E-state index >= 15 is 0 Å². The van der Waals surface area contributed by atoms with Crippen LogP contribution in [0.3, 0.4) is 0 Å². The Bertz CT molecular complexity index is 1220. The second-order valence-corrected chi connectivity index (χ2v) is 7.87. The lowest BCUT2D eigenvalue weighted by Gasteiger charge is -2.16. The summed E-state index contributed by atoms with van der Waals surface area (Å²) in [7, 11) is 3.05. The number of thioether (sulfide) groups is 1. The summed E-state index contributed by atoms with van der Waals surface area (Å²) in [6.45, 7) is 0.436.